The highest BCUT2D eigenvalue weighted by Gasteiger charge is 2.21. The summed E-state index contributed by atoms with van der Waals surface area (Å²) in [6.45, 7) is 3.80. The van der Waals surface area contributed by atoms with Crippen LogP contribution in [0.5, 0.6) is 0 Å². The van der Waals surface area contributed by atoms with Gasteiger partial charge in [0.25, 0.3) is 10.0 Å². The summed E-state index contributed by atoms with van der Waals surface area (Å²) in [6.07, 6.45) is 3.88. The maximum atomic E-state index is 13.0. The van der Waals surface area contributed by atoms with Gasteiger partial charge in [-0.3, -0.25) is 19.4 Å². The Kier molecular flexibility index (Phi) is 7.00. The predicted molar refractivity (Wildman–Crippen MR) is 123 cm³/mol. The van der Waals surface area contributed by atoms with E-state index in [0.717, 1.165) is 42.9 Å². The van der Waals surface area contributed by atoms with E-state index >= 15 is 0 Å². The molecule has 4 rings (SSSR count). The van der Waals surface area contributed by atoms with Gasteiger partial charge in [-0.25, -0.2) is 12.8 Å². The van der Waals surface area contributed by atoms with Gasteiger partial charge in [-0.1, -0.05) is 18.2 Å². The fourth-order valence-electron chi connectivity index (χ4n) is 3.71. The van der Waals surface area contributed by atoms with Gasteiger partial charge >= 0.3 is 0 Å². The molecule has 0 aliphatic carbocycles. The molecule has 172 valence electrons. The van der Waals surface area contributed by atoms with Gasteiger partial charge in [0.15, 0.2) is 0 Å². The van der Waals surface area contributed by atoms with Gasteiger partial charge in [-0.05, 0) is 53.6 Å². The summed E-state index contributed by atoms with van der Waals surface area (Å²) < 4.78 is 40.4. The van der Waals surface area contributed by atoms with Gasteiger partial charge in [-0.2, -0.15) is 0 Å². The number of carbonyl (C=O) groups is 1. The molecular weight excluding hydrogens is 443 g/mol. The number of nitrogens with one attached hydrogen (secondary N) is 1. The smallest absolute Gasteiger partial charge is 0.261 e. The number of hydrogen-bond donors (Lipinski definition) is 1. The molecule has 3 aromatic rings. The lowest BCUT2D eigenvalue weighted by atomic mass is 10.1. The van der Waals surface area contributed by atoms with E-state index in [1.54, 1.807) is 30.5 Å². The fraction of sp³-hybridized carbons (Fsp3) is 0.250. The number of hydrogen-bond acceptors (Lipinski definition) is 5. The van der Waals surface area contributed by atoms with Crippen molar-refractivity contribution in [3.8, 4) is 0 Å². The molecule has 0 spiro atoms. The molecule has 1 aromatic heterocycles. The lowest BCUT2D eigenvalue weighted by Gasteiger charge is -2.34. The standard InChI is InChI=1S/C24H25FN4O3S/c25-21-5-9-23(10-6-21)33(31,32)27-22-7-3-19(4-8-22)16-24(30)29-14-12-28(13-15-29)18-20-2-1-11-26-17-20/h1-11,17,27H,12-16,18H2. The van der Waals surface area contributed by atoms with Crippen LogP contribution in [-0.2, 0) is 27.8 Å². The molecule has 0 atom stereocenters. The Labute approximate surface area is 192 Å². The summed E-state index contributed by atoms with van der Waals surface area (Å²) in [5.41, 5.74) is 2.34. The molecule has 0 bridgehead atoms. The Morgan fingerprint density at radius 2 is 1.64 bits per heavy atom. The summed E-state index contributed by atoms with van der Waals surface area (Å²) >= 11 is 0. The minimum Gasteiger partial charge on any atom is -0.340 e. The van der Waals surface area contributed by atoms with Gasteiger partial charge in [0.2, 0.25) is 5.91 Å². The number of anilines is 1. The van der Waals surface area contributed by atoms with Crippen LogP contribution in [0.2, 0.25) is 0 Å². The molecule has 1 saturated heterocycles. The first-order valence-electron chi connectivity index (χ1n) is 10.7. The molecule has 7 nitrogen and oxygen atoms in total. The molecular formula is C24H25FN4O3S. The normalized spacial score (nSPS) is 14.8. The minimum atomic E-state index is -3.81. The molecule has 0 radical (unpaired) electrons. The van der Waals surface area contributed by atoms with Crippen molar-refractivity contribution in [3.63, 3.8) is 0 Å². The fourth-order valence-corrected chi connectivity index (χ4v) is 4.77. The van der Waals surface area contributed by atoms with E-state index in [0.29, 0.717) is 18.8 Å². The number of benzene rings is 2. The number of aromatic nitrogens is 1. The molecule has 1 aliphatic rings. The Morgan fingerprint density at radius 1 is 0.939 bits per heavy atom. The van der Waals surface area contributed by atoms with E-state index in [1.165, 1.54) is 12.1 Å². The van der Waals surface area contributed by atoms with Crippen LogP contribution in [0.4, 0.5) is 10.1 Å². The molecule has 0 unspecified atom stereocenters. The van der Waals surface area contributed by atoms with E-state index in [2.05, 4.69) is 14.6 Å². The molecule has 1 fully saturated rings. The van der Waals surface area contributed by atoms with Crippen LogP contribution in [-0.4, -0.2) is 55.3 Å². The second-order valence-electron chi connectivity index (χ2n) is 7.95. The van der Waals surface area contributed by atoms with Crippen LogP contribution in [0, 0.1) is 5.82 Å². The molecule has 33 heavy (non-hydrogen) atoms. The molecule has 1 amide bonds. The number of carbonyl (C=O) groups excluding carboxylic acids is 1. The highest BCUT2D eigenvalue weighted by Crippen LogP contribution is 2.18. The summed E-state index contributed by atoms with van der Waals surface area (Å²) in [5, 5.41) is 0. The van der Waals surface area contributed by atoms with Crippen molar-refractivity contribution in [2.45, 2.75) is 17.9 Å². The first kappa shape index (κ1) is 22.9. The van der Waals surface area contributed by atoms with Crippen molar-refractivity contribution in [2.75, 3.05) is 30.9 Å². The zero-order valence-corrected chi connectivity index (χ0v) is 18.8. The first-order chi connectivity index (χ1) is 15.9. The monoisotopic (exact) mass is 468 g/mol. The summed E-state index contributed by atoms with van der Waals surface area (Å²) in [5.74, 6) is -0.450. The number of rotatable bonds is 7. The van der Waals surface area contributed by atoms with Crippen LogP contribution in [0.3, 0.4) is 0 Å². The highest BCUT2D eigenvalue weighted by molar-refractivity contribution is 7.92. The molecule has 9 heteroatoms. The lowest BCUT2D eigenvalue weighted by Crippen LogP contribution is -2.48. The Hall–Kier alpha value is -3.30. The third kappa shape index (κ3) is 6.15. The summed E-state index contributed by atoms with van der Waals surface area (Å²) in [6, 6.07) is 15.3. The van der Waals surface area contributed by atoms with Crippen molar-refractivity contribution < 1.29 is 17.6 Å². The quantitative estimate of drug-likeness (QED) is 0.577. The Morgan fingerprint density at radius 3 is 2.27 bits per heavy atom. The number of sulfonamides is 1. The number of nitrogens with zero attached hydrogens (tertiary/aromatic N) is 3. The van der Waals surface area contributed by atoms with Crippen LogP contribution in [0.25, 0.3) is 0 Å². The number of halogens is 1. The van der Waals surface area contributed by atoms with Crippen LogP contribution >= 0.6 is 0 Å². The average molecular weight is 469 g/mol. The van der Waals surface area contributed by atoms with Gasteiger partial charge in [-0.15, -0.1) is 0 Å². The van der Waals surface area contributed by atoms with Crippen molar-refractivity contribution >= 4 is 21.6 Å². The Balaban J connectivity index is 1.28. The molecule has 0 saturated carbocycles. The van der Waals surface area contributed by atoms with Gasteiger partial charge < -0.3 is 4.90 Å². The maximum absolute atomic E-state index is 13.0. The molecule has 1 N–H and O–H groups in total. The van der Waals surface area contributed by atoms with Crippen LogP contribution < -0.4 is 4.72 Å². The Bertz CT molecular complexity index is 1180. The van der Waals surface area contributed by atoms with E-state index < -0.39 is 15.8 Å². The molecule has 2 heterocycles. The number of pyridine rings is 1. The van der Waals surface area contributed by atoms with Crippen LogP contribution in [0.1, 0.15) is 11.1 Å². The first-order valence-corrected chi connectivity index (χ1v) is 12.1. The van der Waals surface area contributed by atoms with E-state index in [-0.39, 0.29) is 17.2 Å². The third-order valence-electron chi connectivity index (χ3n) is 5.54. The number of amides is 1. The number of piperazine rings is 1. The van der Waals surface area contributed by atoms with Crippen molar-refractivity contribution in [3.05, 3.63) is 90.0 Å². The zero-order valence-electron chi connectivity index (χ0n) is 18.0. The predicted octanol–water partition coefficient (Wildman–Crippen LogP) is 2.91. The SMILES string of the molecule is O=C(Cc1ccc(NS(=O)(=O)c2ccc(F)cc2)cc1)N1CCN(Cc2cccnc2)CC1. The third-order valence-corrected chi connectivity index (χ3v) is 6.94. The van der Waals surface area contributed by atoms with Crippen molar-refractivity contribution in [2.24, 2.45) is 0 Å². The van der Waals surface area contributed by atoms with E-state index in [1.807, 2.05) is 23.2 Å². The average Bonchev–Trinajstić information content (AvgIpc) is 2.81. The second kappa shape index (κ2) is 10.1. The van der Waals surface area contributed by atoms with Crippen molar-refractivity contribution in [1.82, 2.24) is 14.8 Å². The minimum absolute atomic E-state index is 0.0224. The second-order valence-corrected chi connectivity index (χ2v) is 9.63. The van der Waals surface area contributed by atoms with Crippen molar-refractivity contribution in [1.29, 1.82) is 0 Å². The zero-order chi connectivity index (χ0) is 23.3. The van der Waals surface area contributed by atoms with Gasteiger partial charge in [0, 0.05) is 50.8 Å². The summed E-state index contributed by atoms with van der Waals surface area (Å²) in [7, 11) is -3.81. The van der Waals surface area contributed by atoms with E-state index in [9.17, 15) is 17.6 Å². The summed E-state index contributed by atoms with van der Waals surface area (Å²) in [4.78, 5) is 21.0. The largest absolute Gasteiger partial charge is 0.340 e. The van der Waals surface area contributed by atoms with Gasteiger partial charge in [0.1, 0.15) is 5.82 Å². The molecule has 2 aromatic carbocycles. The lowest BCUT2D eigenvalue weighted by molar-refractivity contribution is -0.132. The maximum Gasteiger partial charge on any atom is 0.261 e. The van der Waals surface area contributed by atoms with Crippen LogP contribution in [0.15, 0.2) is 78.0 Å². The molecule has 1 aliphatic heterocycles. The highest BCUT2D eigenvalue weighted by atomic mass is 32.2. The van der Waals surface area contributed by atoms with E-state index in [4.69, 9.17) is 0 Å². The topological polar surface area (TPSA) is 82.6 Å². The van der Waals surface area contributed by atoms with Gasteiger partial charge in [0.05, 0.1) is 11.3 Å².